The Hall–Kier alpha value is -5.07. The van der Waals surface area contributed by atoms with Gasteiger partial charge in [0.25, 0.3) is 5.91 Å². The summed E-state index contributed by atoms with van der Waals surface area (Å²) in [4.78, 5) is 64.5. The molecule has 1 fully saturated rings. The number of benzene rings is 1. The second-order valence-electron chi connectivity index (χ2n) is 9.68. The minimum atomic E-state index is -1.40. The molecule has 0 unspecified atom stereocenters. The summed E-state index contributed by atoms with van der Waals surface area (Å²) in [6.07, 6.45) is 1.77. The van der Waals surface area contributed by atoms with Crippen molar-refractivity contribution in [1.29, 1.82) is 0 Å². The number of nitrogens with zero attached hydrogens (tertiary/aromatic N) is 6. The molecule has 12 nitrogen and oxygen atoms in total. The average Bonchev–Trinajstić information content (AvgIpc) is 3.53. The van der Waals surface area contributed by atoms with Crippen LogP contribution in [0.2, 0.25) is 0 Å². The van der Waals surface area contributed by atoms with Crippen LogP contribution in [0.25, 0.3) is 22.0 Å². The van der Waals surface area contributed by atoms with E-state index in [1.54, 1.807) is 37.5 Å². The fraction of sp³-hybridized carbons (Fsp3) is 0.286. The number of aromatic nitrogens is 5. The van der Waals surface area contributed by atoms with Gasteiger partial charge in [-0.2, -0.15) is 5.10 Å². The maximum Gasteiger partial charge on any atom is 0.269 e. The van der Waals surface area contributed by atoms with Gasteiger partial charge in [0.15, 0.2) is 5.78 Å². The van der Waals surface area contributed by atoms with E-state index >= 15 is 0 Å². The van der Waals surface area contributed by atoms with Gasteiger partial charge in [0.05, 0.1) is 12.1 Å². The Morgan fingerprint density at radius 3 is 2.54 bits per heavy atom. The average molecular weight is 559 g/mol. The molecule has 41 heavy (non-hydrogen) atoms. The zero-order valence-corrected chi connectivity index (χ0v) is 22.6. The number of fused-ring (bicyclic) bond motifs is 1. The van der Waals surface area contributed by atoms with E-state index in [0.29, 0.717) is 16.7 Å². The highest BCUT2D eigenvalue weighted by atomic mass is 19.1. The molecule has 1 aliphatic rings. The zero-order chi connectivity index (χ0) is 29.3. The van der Waals surface area contributed by atoms with Gasteiger partial charge in [-0.3, -0.25) is 23.9 Å². The summed E-state index contributed by atoms with van der Waals surface area (Å²) in [6, 6.07) is 8.78. The van der Waals surface area contributed by atoms with Crippen molar-refractivity contribution < 1.29 is 23.6 Å². The number of pyridine rings is 1. The van der Waals surface area contributed by atoms with Crippen LogP contribution in [-0.4, -0.2) is 78.9 Å². The van der Waals surface area contributed by atoms with Gasteiger partial charge < -0.3 is 15.5 Å². The Kier molecular flexibility index (Phi) is 7.51. The monoisotopic (exact) mass is 558 g/mol. The number of hydrogen-bond acceptors (Lipinski definition) is 8. The quantitative estimate of drug-likeness (QED) is 0.328. The molecule has 5 rings (SSSR count). The number of amides is 3. The molecule has 1 aliphatic heterocycles. The van der Waals surface area contributed by atoms with Gasteiger partial charge in [-0.1, -0.05) is 12.1 Å². The third-order valence-electron chi connectivity index (χ3n) is 6.82. The minimum absolute atomic E-state index is 0.0953. The lowest BCUT2D eigenvalue weighted by molar-refractivity contribution is -0.137. The number of carbonyl (C=O) groups excluding carboxylic acids is 4. The number of hydrogen-bond donors (Lipinski definition) is 2. The maximum absolute atomic E-state index is 14.5. The first-order valence-corrected chi connectivity index (χ1v) is 12.9. The molecule has 3 amide bonds. The second-order valence-corrected chi connectivity index (χ2v) is 9.68. The molecule has 2 atom stereocenters. The molecule has 0 bridgehead atoms. The predicted molar refractivity (Wildman–Crippen MR) is 147 cm³/mol. The molecule has 4 aromatic rings. The topological polar surface area (TPSA) is 152 Å². The smallest absolute Gasteiger partial charge is 0.269 e. The highest BCUT2D eigenvalue weighted by molar-refractivity contribution is 6.06. The van der Waals surface area contributed by atoms with E-state index in [1.165, 1.54) is 35.7 Å². The highest BCUT2D eigenvalue weighted by Crippen LogP contribution is 2.28. The first-order valence-electron chi connectivity index (χ1n) is 12.9. The van der Waals surface area contributed by atoms with E-state index in [1.807, 2.05) is 6.07 Å². The normalized spacial score (nSPS) is 16.5. The molecule has 0 radical (unpaired) electrons. The summed E-state index contributed by atoms with van der Waals surface area (Å²) in [5.41, 5.74) is 2.34. The van der Waals surface area contributed by atoms with Crippen LogP contribution in [-0.2, 0) is 16.1 Å². The standard InChI is InChI=1S/C28H27FN8O4/c1-15(38)26-20-9-17(18-11-31-16(2)32-12-18)7-8-22(20)37(35-26)14-25(39)36-13-19(29)10-23(36)28(41)34-24-6-4-5-21(33-24)27(40)30-3/h4-9,11-12,19,23H,10,13-14H2,1-3H3,(H,30,40)(H,33,34,41)/t19-,23+/m1/s1. The van der Waals surface area contributed by atoms with Crippen LogP contribution in [0.3, 0.4) is 0 Å². The Morgan fingerprint density at radius 1 is 1.07 bits per heavy atom. The Labute approximate surface area is 234 Å². The van der Waals surface area contributed by atoms with Crippen LogP contribution in [0.1, 0.15) is 40.1 Å². The van der Waals surface area contributed by atoms with Gasteiger partial charge in [0.1, 0.15) is 41.8 Å². The van der Waals surface area contributed by atoms with Crippen molar-refractivity contribution in [2.45, 2.75) is 39.0 Å². The number of halogens is 1. The van der Waals surface area contributed by atoms with Gasteiger partial charge in [-0.15, -0.1) is 0 Å². The summed E-state index contributed by atoms with van der Waals surface area (Å²) in [5.74, 6) is -1.15. The molecule has 4 heterocycles. The number of aryl methyl sites for hydroxylation is 1. The molecule has 1 saturated heterocycles. The van der Waals surface area contributed by atoms with E-state index < -0.39 is 29.9 Å². The molecule has 13 heteroatoms. The molecular weight excluding hydrogens is 531 g/mol. The van der Waals surface area contributed by atoms with Crippen LogP contribution < -0.4 is 10.6 Å². The van der Waals surface area contributed by atoms with Crippen molar-refractivity contribution in [3.8, 4) is 11.1 Å². The van der Waals surface area contributed by atoms with Gasteiger partial charge >= 0.3 is 0 Å². The number of rotatable bonds is 7. The summed E-state index contributed by atoms with van der Waals surface area (Å²) >= 11 is 0. The van der Waals surface area contributed by atoms with Gasteiger partial charge in [-0.25, -0.2) is 19.3 Å². The zero-order valence-electron chi connectivity index (χ0n) is 22.6. The number of alkyl halides is 1. The third-order valence-corrected chi connectivity index (χ3v) is 6.82. The van der Waals surface area contributed by atoms with E-state index in [2.05, 4.69) is 30.7 Å². The molecule has 3 aromatic heterocycles. The SMILES string of the molecule is CNC(=O)c1cccc(NC(=O)[C@@H]2C[C@@H](F)CN2C(=O)Cn2nc(C(C)=O)c3cc(-c4cnc(C)nc4)ccc32)n1. The van der Waals surface area contributed by atoms with Crippen molar-refractivity contribution in [2.75, 3.05) is 18.9 Å². The lowest BCUT2D eigenvalue weighted by Gasteiger charge is -2.23. The second kappa shape index (κ2) is 11.2. The lowest BCUT2D eigenvalue weighted by Crippen LogP contribution is -2.44. The molecule has 2 N–H and O–H groups in total. The van der Waals surface area contributed by atoms with Gasteiger partial charge in [0.2, 0.25) is 11.8 Å². The van der Waals surface area contributed by atoms with Crippen LogP contribution in [0.5, 0.6) is 0 Å². The number of carbonyl (C=O) groups is 4. The predicted octanol–water partition coefficient (Wildman–Crippen LogP) is 2.34. The lowest BCUT2D eigenvalue weighted by atomic mass is 10.0. The Balaban J connectivity index is 1.38. The van der Waals surface area contributed by atoms with Crippen LogP contribution in [0.4, 0.5) is 10.2 Å². The number of nitrogens with one attached hydrogen (secondary N) is 2. The van der Waals surface area contributed by atoms with Crippen molar-refractivity contribution in [2.24, 2.45) is 0 Å². The van der Waals surface area contributed by atoms with E-state index in [-0.39, 0.29) is 42.5 Å². The minimum Gasteiger partial charge on any atom is -0.354 e. The van der Waals surface area contributed by atoms with E-state index in [4.69, 9.17) is 0 Å². The summed E-state index contributed by atoms with van der Waals surface area (Å²) in [6.45, 7) is 2.59. The van der Waals surface area contributed by atoms with Crippen molar-refractivity contribution >= 4 is 40.2 Å². The van der Waals surface area contributed by atoms with E-state index in [9.17, 15) is 23.6 Å². The summed E-state index contributed by atoms with van der Waals surface area (Å²) < 4.78 is 15.9. The highest BCUT2D eigenvalue weighted by Gasteiger charge is 2.40. The van der Waals surface area contributed by atoms with Crippen molar-refractivity contribution in [1.82, 2.24) is 34.9 Å². The fourth-order valence-electron chi connectivity index (χ4n) is 4.78. The summed E-state index contributed by atoms with van der Waals surface area (Å²) in [5, 5.41) is 9.96. The van der Waals surface area contributed by atoms with Gasteiger partial charge in [0, 0.05) is 43.7 Å². The largest absolute Gasteiger partial charge is 0.354 e. The van der Waals surface area contributed by atoms with Crippen LogP contribution in [0.15, 0.2) is 48.8 Å². The first-order chi connectivity index (χ1) is 19.6. The molecule has 0 spiro atoms. The molecule has 0 aliphatic carbocycles. The maximum atomic E-state index is 14.5. The van der Waals surface area contributed by atoms with Crippen molar-refractivity contribution in [3.05, 3.63) is 66.0 Å². The van der Waals surface area contributed by atoms with Crippen molar-refractivity contribution in [3.63, 3.8) is 0 Å². The number of Topliss-reactive ketones (excluding diaryl/α,β-unsaturated/α-hetero) is 1. The van der Waals surface area contributed by atoms with Crippen LogP contribution >= 0.6 is 0 Å². The number of likely N-dealkylation sites (tertiary alicyclic amines) is 1. The third kappa shape index (κ3) is 5.64. The number of ketones is 1. The van der Waals surface area contributed by atoms with Crippen LogP contribution in [0, 0.1) is 6.92 Å². The molecule has 210 valence electrons. The number of anilines is 1. The first kappa shape index (κ1) is 27.5. The molecule has 1 aromatic carbocycles. The summed E-state index contributed by atoms with van der Waals surface area (Å²) in [7, 11) is 1.46. The Morgan fingerprint density at radius 2 is 1.83 bits per heavy atom. The molecular formula is C28H27FN8O4. The van der Waals surface area contributed by atoms with Gasteiger partial charge in [-0.05, 0) is 36.8 Å². The van der Waals surface area contributed by atoms with E-state index in [0.717, 1.165) is 11.1 Å². The fourth-order valence-corrected chi connectivity index (χ4v) is 4.78. The molecule has 0 saturated carbocycles. The Bertz CT molecular complexity index is 1670.